The second-order valence-corrected chi connectivity index (χ2v) is 7.46. The molecule has 2 N–H and O–H groups in total. The van der Waals surface area contributed by atoms with E-state index in [1.807, 2.05) is 31.2 Å². The van der Waals surface area contributed by atoms with Crippen molar-refractivity contribution in [2.24, 2.45) is 10.9 Å². The van der Waals surface area contributed by atoms with E-state index in [1.54, 1.807) is 7.11 Å². The first-order valence-electron chi connectivity index (χ1n) is 10.7. The van der Waals surface area contributed by atoms with Gasteiger partial charge < -0.3 is 25.0 Å². The van der Waals surface area contributed by atoms with Crippen molar-refractivity contribution in [1.82, 2.24) is 15.5 Å². The topological polar surface area (TPSA) is 58.1 Å². The van der Waals surface area contributed by atoms with Gasteiger partial charge in [0.15, 0.2) is 17.5 Å². The molecule has 28 heavy (non-hydrogen) atoms. The fourth-order valence-corrected chi connectivity index (χ4v) is 3.50. The molecular formula is C22H38N4O2. The lowest BCUT2D eigenvalue weighted by atomic mass is 9.97. The molecule has 1 aliphatic heterocycles. The van der Waals surface area contributed by atoms with Gasteiger partial charge in [0.2, 0.25) is 0 Å². The van der Waals surface area contributed by atoms with Crippen molar-refractivity contribution in [3.05, 3.63) is 24.3 Å². The maximum Gasteiger partial charge on any atom is 0.191 e. The summed E-state index contributed by atoms with van der Waals surface area (Å²) in [4.78, 5) is 7.29. The molecular weight excluding hydrogens is 352 g/mol. The van der Waals surface area contributed by atoms with E-state index in [0.717, 1.165) is 36.5 Å². The molecule has 1 atom stereocenters. The van der Waals surface area contributed by atoms with Gasteiger partial charge >= 0.3 is 0 Å². The van der Waals surface area contributed by atoms with Gasteiger partial charge in [0.1, 0.15) is 6.10 Å². The van der Waals surface area contributed by atoms with E-state index in [-0.39, 0.29) is 6.10 Å². The predicted molar refractivity (Wildman–Crippen MR) is 117 cm³/mol. The van der Waals surface area contributed by atoms with Crippen LogP contribution in [0.25, 0.3) is 0 Å². The van der Waals surface area contributed by atoms with Crippen molar-refractivity contribution >= 4 is 5.96 Å². The number of ether oxygens (including phenoxy) is 2. The smallest absolute Gasteiger partial charge is 0.191 e. The highest BCUT2D eigenvalue weighted by Crippen LogP contribution is 2.26. The molecule has 0 saturated carbocycles. The molecule has 1 heterocycles. The molecule has 1 aromatic rings. The molecule has 0 bridgehead atoms. The van der Waals surface area contributed by atoms with E-state index in [1.165, 1.54) is 38.9 Å². The number of rotatable bonds is 10. The van der Waals surface area contributed by atoms with Gasteiger partial charge in [-0.25, -0.2) is 4.99 Å². The van der Waals surface area contributed by atoms with Crippen LogP contribution in [0.5, 0.6) is 11.5 Å². The third-order valence-electron chi connectivity index (χ3n) is 5.05. The molecule has 1 aliphatic rings. The molecule has 1 unspecified atom stereocenters. The third kappa shape index (κ3) is 7.58. The summed E-state index contributed by atoms with van der Waals surface area (Å²) in [7, 11) is 1.66. The molecule has 2 rings (SSSR count). The standard InChI is InChI=1S/C22H38N4O2/c1-5-13-26-14-11-19(12-15-26)17-25-22(23-6-2)24-16-18(3)28-21-10-8-7-9-20(21)27-4/h7-10,18-19H,5-6,11-17H2,1-4H3,(H2,23,24,25). The summed E-state index contributed by atoms with van der Waals surface area (Å²) in [5.74, 6) is 3.09. The van der Waals surface area contributed by atoms with E-state index in [2.05, 4.69) is 29.4 Å². The molecule has 0 aromatic heterocycles. The first-order chi connectivity index (χ1) is 13.7. The normalized spacial score (nSPS) is 17.2. The van der Waals surface area contributed by atoms with Gasteiger partial charge in [0.05, 0.1) is 13.7 Å². The Hall–Kier alpha value is -1.95. The number of guanidine groups is 1. The van der Waals surface area contributed by atoms with Crippen LogP contribution in [0.3, 0.4) is 0 Å². The lowest BCUT2D eigenvalue weighted by Crippen LogP contribution is -2.43. The van der Waals surface area contributed by atoms with Crippen LogP contribution in [0.2, 0.25) is 0 Å². The van der Waals surface area contributed by atoms with E-state index < -0.39 is 0 Å². The zero-order valence-corrected chi connectivity index (χ0v) is 18.0. The van der Waals surface area contributed by atoms with Crippen LogP contribution in [0.1, 0.15) is 40.0 Å². The Morgan fingerprint density at radius 2 is 1.89 bits per heavy atom. The Kier molecular flexibility index (Phi) is 9.97. The minimum atomic E-state index is -0.0379. The number of para-hydroxylation sites is 2. The van der Waals surface area contributed by atoms with E-state index in [4.69, 9.17) is 14.5 Å². The molecule has 1 saturated heterocycles. The molecule has 0 radical (unpaired) electrons. The summed E-state index contributed by atoms with van der Waals surface area (Å²) in [6.07, 6.45) is 3.73. The maximum atomic E-state index is 6.00. The van der Waals surface area contributed by atoms with Crippen LogP contribution in [0.15, 0.2) is 29.3 Å². The van der Waals surface area contributed by atoms with Crippen LogP contribution in [0, 0.1) is 5.92 Å². The van der Waals surface area contributed by atoms with Gasteiger partial charge in [-0.05, 0) is 70.8 Å². The van der Waals surface area contributed by atoms with Gasteiger partial charge in [-0.3, -0.25) is 0 Å². The third-order valence-corrected chi connectivity index (χ3v) is 5.05. The fraction of sp³-hybridized carbons (Fsp3) is 0.682. The Morgan fingerprint density at radius 1 is 1.18 bits per heavy atom. The monoisotopic (exact) mass is 390 g/mol. The molecule has 0 aliphatic carbocycles. The second-order valence-electron chi connectivity index (χ2n) is 7.46. The molecule has 0 amide bonds. The van der Waals surface area contributed by atoms with Crippen LogP contribution >= 0.6 is 0 Å². The average molecular weight is 391 g/mol. The van der Waals surface area contributed by atoms with Gasteiger partial charge in [-0.1, -0.05) is 19.1 Å². The molecule has 0 spiro atoms. The van der Waals surface area contributed by atoms with Crippen LogP contribution in [0.4, 0.5) is 0 Å². The number of aliphatic imine (C=N–C) groups is 1. The lowest BCUT2D eigenvalue weighted by molar-refractivity contribution is 0.185. The van der Waals surface area contributed by atoms with Gasteiger partial charge in [0, 0.05) is 13.1 Å². The number of hydrogen-bond acceptors (Lipinski definition) is 4. The molecule has 1 fully saturated rings. The fourth-order valence-electron chi connectivity index (χ4n) is 3.50. The molecule has 1 aromatic carbocycles. The van der Waals surface area contributed by atoms with Crippen molar-refractivity contribution in [1.29, 1.82) is 0 Å². The highest BCUT2D eigenvalue weighted by molar-refractivity contribution is 5.79. The van der Waals surface area contributed by atoms with Crippen LogP contribution < -0.4 is 20.1 Å². The Labute approximate surface area is 170 Å². The van der Waals surface area contributed by atoms with Gasteiger partial charge in [-0.2, -0.15) is 0 Å². The van der Waals surface area contributed by atoms with Crippen molar-refractivity contribution in [3.63, 3.8) is 0 Å². The van der Waals surface area contributed by atoms with E-state index in [9.17, 15) is 0 Å². The zero-order valence-electron chi connectivity index (χ0n) is 18.0. The first-order valence-corrected chi connectivity index (χ1v) is 10.7. The van der Waals surface area contributed by atoms with Crippen molar-refractivity contribution < 1.29 is 9.47 Å². The maximum absolute atomic E-state index is 6.00. The van der Waals surface area contributed by atoms with Gasteiger partial charge in [0.25, 0.3) is 0 Å². The summed E-state index contributed by atoms with van der Waals surface area (Å²) < 4.78 is 11.4. The summed E-state index contributed by atoms with van der Waals surface area (Å²) in [6.45, 7) is 12.5. The van der Waals surface area contributed by atoms with Crippen LogP contribution in [-0.4, -0.2) is 63.3 Å². The number of likely N-dealkylation sites (tertiary alicyclic amines) is 1. The van der Waals surface area contributed by atoms with Crippen LogP contribution in [-0.2, 0) is 0 Å². The van der Waals surface area contributed by atoms with E-state index >= 15 is 0 Å². The number of methoxy groups -OCH3 is 1. The predicted octanol–water partition coefficient (Wildman–Crippen LogP) is 3.14. The zero-order chi connectivity index (χ0) is 20.2. The quantitative estimate of drug-likeness (QED) is 0.475. The SMILES string of the molecule is CCCN1CCC(CNC(=NCC(C)Oc2ccccc2OC)NCC)CC1. The summed E-state index contributed by atoms with van der Waals surface area (Å²) >= 11 is 0. The largest absolute Gasteiger partial charge is 0.493 e. The van der Waals surface area contributed by atoms with Crippen molar-refractivity contribution in [3.8, 4) is 11.5 Å². The minimum Gasteiger partial charge on any atom is -0.493 e. The summed E-state index contributed by atoms with van der Waals surface area (Å²) in [6, 6.07) is 7.72. The lowest BCUT2D eigenvalue weighted by Gasteiger charge is -2.32. The highest BCUT2D eigenvalue weighted by atomic mass is 16.5. The number of hydrogen-bond donors (Lipinski definition) is 2. The molecule has 6 nitrogen and oxygen atoms in total. The molecule has 6 heteroatoms. The summed E-state index contributed by atoms with van der Waals surface area (Å²) in [5.41, 5.74) is 0. The number of nitrogens with one attached hydrogen (secondary N) is 2. The highest BCUT2D eigenvalue weighted by Gasteiger charge is 2.18. The Morgan fingerprint density at radius 3 is 2.54 bits per heavy atom. The first kappa shape index (κ1) is 22.3. The van der Waals surface area contributed by atoms with Crippen molar-refractivity contribution in [2.75, 3.05) is 46.4 Å². The number of nitrogens with zero attached hydrogens (tertiary/aromatic N) is 2. The number of piperidine rings is 1. The Balaban J connectivity index is 1.79. The second kappa shape index (κ2) is 12.5. The Bertz CT molecular complexity index is 586. The van der Waals surface area contributed by atoms with Gasteiger partial charge in [-0.15, -0.1) is 0 Å². The average Bonchev–Trinajstić information content (AvgIpc) is 2.72. The molecule has 158 valence electrons. The minimum absolute atomic E-state index is 0.0379. The van der Waals surface area contributed by atoms with Crippen molar-refractivity contribution in [2.45, 2.75) is 46.1 Å². The van der Waals surface area contributed by atoms with E-state index in [0.29, 0.717) is 6.54 Å². The number of benzene rings is 1. The summed E-state index contributed by atoms with van der Waals surface area (Å²) in [5, 5.41) is 6.86.